The van der Waals surface area contributed by atoms with E-state index in [1.165, 1.54) is 24.3 Å². The van der Waals surface area contributed by atoms with E-state index in [0.29, 0.717) is 16.9 Å². The molecule has 0 aromatic heterocycles. The normalized spacial score (nSPS) is 10.8. The zero-order valence-electron chi connectivity index (χ0n) is 12.2. The van der Waals surface area contributed by atoms with Gasteiger partial charge in [-0.25, -0.2) is 13.2 Å². The van der Waals surface area contributed by atoms with Crippen molar-refractivity contribution in [1.82, 2.24) is 0 Å². The van der Waals surface area contributed by atoms with Gasteiger partial charge in [0.15, 0.2) is 9.84 Å². The lowest BCUT2D eigenvalue weighted by Gasteiger charge is -2.07. The molecular formula is C15H15N3O4S. The second-order valence-electron chi connectivity index (χ2n) is 4.82. The van der Waals surface area contributed by atoms with E-state index in [9.17, 15) is 18.0 Å². The Morgan fingerprint density at radius 1 is 0.870 bits per heavy atom. The van der Waals surface area contributed by atoms with Crippen molar-refractivity contribution >= 4 is 33.2 Å². The number of benzene rings is 2. The van der Waals surface area contributed by atoms with Crippen molar-refractivity contribution in [2.24, 2.45) is 5.73 Å². The number of urea groups is 1. The molecule has 23 heavy (non-hydrogen) atoms. The van der Waals surface area contributed by atoms with Crippen LogP contribution in [-0.2, 0) is 9.84 Å². The van der Waals surface area contributed by atoms with Gasteiger partial charge >= 0.3 is 6.03 Å². The van der Waals surface area contributed by atoms with E-state index in [1.807, 2.05) is 0 Å². The van der Waals surface area contributed by atoms with Gasteiger partial charge in [0.05, 0.1) is 4.90 Å². The summed E-state index contributed by atoms with van der Waals surface area (Å²) in [7, 11) is -3.30. The molecule has 0 bridgehead atoms. The number of carbonyl (C=O) groups excluding carboxylic acids is 2. The molecule has 2 aromatic rings. The average Bonchev–Trinajstić information content (AvgIpc) is 2.48. The fraction of sp³-hybridized carbons (Fsp3) is 0.0667. The van der Waals surface area contributed by atoms with Crippen LogP contribution in [-0.4, -0.2) is 26.6 Å². The minimum Gasteiger partial charge on any atom is -0.351 e. The molecule has 4 N–H and O–H groups in total. The number of hydrogen-bond acceptors (Lipinski definition) is 4. The number of carbonyl (C=O) groups is 2. The number of amides is 3. The van der Waals surface area contributed by atoms with Gasteiger partial charge < -0.3 is 16.4 Å². The topological polar surface area (TPSA) is 118 Å². The van der Waals surface area contributed by atoms with Gasteiger partial charge in [-0.3, -0.25) is 4.79 Å². The van der Waals surface area contributed by atoms with Crippen molar-refractivity contribution in [3.05, 3.63) is 54.1 Å². The van der Waals surface area contributed by atoms with Crippen LogP contribution >= 0.6 is 0 Å². The molecule has 8 heteroatoms. The Balaban J connectivity index is 2.08. The molecule has 2 aromatic carbocycles. The number of anilines is 2. The fourth-order valence-electron chi connectivity index (χ4n) is 1.84. The molecular weight excluding hydrogens is 318 g/mol. The van der Waals surface area contributed by atoms with E-state index in [0.717, 1.165) is 6.26 Å². The molecule has 0 aliphatic rings. The van der Waals surface area contributed by atoms with Gasteiger partial charge in [0.2, 0.25) is 0 Å². The summed E-state index contributed by atoms with van der Waals surface area (Å²) in [5.74, 6) is -0.374. The van der Waals surface area contributed by atoms with Crippen LogP contribution in [0.3, 0.4) is 0 Å². The SMILES string of the molecule is CS(=O)(=O)c1ccc(C(=O)Nc2ccc(NC(N)=O)cc2)cc1. The molecule has 0 spiro atoms. The molecule has 0 saturated carbocycles. The Kier molecular flexibility index (Phi) is 4.65. The van der Waals surface area contributed by atoms with Crippen molar-refractivity contribution in [3.63, 3.8) is 0 Å². The standard InChI is InChI=1S/C15H15N3O4S/c1-23(21,22)13-8-2-10(3-9-13)14(19)17-11-4-6-12(7-5-11)18-15(16)20/h2-9H,1H3,(H,17,19)(H3,16,18,20). The Hall–Kier alpha value is -2.87. The molecule has 2 rings (SSSR count). The van der Waals surface area contributed by atoms with Crippen molar-refractivity contribution in [2.45, 2.75) is 4.90 Å². The van der Waals surface area contributed by atoms with Crippen LogP contribution in [0.1, 0.15) is 10.4 Å². The third kappa shape index (κ3) is 4.55. The van der Waals surface area contributed by atoms with E-state index in [2.05, 4.69) is 10.6 Å². The first-order valence-electron chi connectivity index (χ1n) is 6.54. The Labute approximate surface area is 133 Å². The van der Waals surface area contributed by atoms with E-state index < -0.39 is 15.9 Å². The minimum absolute atomic E-state index is 0.149. The van der Waals surface area contributed by atoms with Gasteiger partial charge in [0, 0.05) is 23.2 Å². The highest BCUT2D eigenvalue weighted by atomic mass is 32.2. The predicted octanol–water partition coefficient (Wildman–Crippen LogP) is 1.83. The summed E-state index contributed by atoms with van der Waals surface area (Å²) >= 11 is 0. The van der Waals surface area contributed by atoms with Gasteiger partial charge in [-0.1, -0.05) is 0 Å². The maximum absolute atomic E-state index is 12.1. The minimum atomic E-state index is -3.30. The molecule has 0 aliphatic carbocycles. The monoisotopic (exact) mass is 333 g/mol. The summed E-state index contributed by atoms with van der Waals surface area (Å²) in [6, 6.07) is 11.4. The highest BCUT2D eigenvalue weighted by Crippen LogP contribution is 2.15. The molecule has 0 saturated heterocycles. The second kappa shape index (κ2) is 6.49. The van der Waals surface area contributed by atoms with E-state index in [1.54, 1.807) is 24.3 Å². The summed E-state index contributed by atoms with van der Waals surface area (Å²) in [6.45, 7) is 0. The highest BCUT2D eigenvalue weighted by Gasteiger charge is 2.10. The fourth-order valence-corrected chi connectivity index (χ4v) is 2.47. The number of rotatable bonds is 4. The Morgan fingerprint density at radius 2 is 1.35 bits per heavy atom. The van der Waals surface area contributed by atoms with Gasteiger partial charge in [-0.2, -0.15) is 0 Å². The molecule has 0 unspecified atom stereocenters. The van der Waals surface area contributed by atoms with E-state index >= 15 is 0 Å². The van der Waals surface area contributed by atoms with Gasteiger partial charge in [-0.15, -0.1) is 0 Å². The van der Waals surface area contributed by atoms with Crippen LogP contribution in [0.25, 0.3) is 0 Å². The smallest absolute Gasteiger partial charge is 0.316 e. The zero-order chi connectivity index (χ0) is 17.0. The quantitative estimate of drug-likeness (QED) is 0.791. The van der Waals surface area contributed by atoms with Crippen molar-refractivity contribution in [1.29, 1.82) is 0 Å². The number of primary amides is 1. The second-order valence-corrected chi connectivity index (χ2v) is 6.83. The lowest BCUT2D eigenvalue weighted by molar-refractivity contribution is 0.102. The van der Waals surface area contributed by atoms with Crippen molar-refractivity contribution in [3.8, 4) is 0 Å². The van der Waals surface area contributed by atoms with Crippen LogP contribution in [0.5, 0.6) is 0 Å². The summed E-state index contributed by atoms with van der Waals surface area (Å²) < 4.78 is 22.7. The molecule has 0 heterocycles. The number of nitrogens with two attached hydrogens (primary N) is 1. The van der Waals surface area contributed by atoms with E-state index in [-0.39, 0.29) is 10.8 Å². The predicted molar refractivity (Wildman–Crippen MR) is 87.2 cm³/mol. The first-order chi connectivity index (χ1) is 10.8. The molecule has 7 nitrogen and oxygen atoms in total. The zero-order valence-corrected chi connectivity index (χ0v) is 13.1. The Bertz CT molecular complexity index is 828. The van der Waals surface area contributed by atoms with Crippen LogP contribution in [0, 0.1) is 0 Å². The summed E-state index contributed by atoms with van der Waals surface area (Å²) in [5.41, 5.74) is 6.36. The van der Waals surface area contributed by atoms with Gasteiger partial charge in [0.1, 0.15) is 0 Å². The van der Waals surface area contributed by atoms with Crippen LogP contribution in [0.4, 0.5) is 16.2 Å². The van der Waals surface area contributed by atoms with Crippen LogP contribution in [0.2, 0.25) is 0 Å². The first kappa shape index (κ1) is 16.5. The summed E-state index contributed by atoms with van der Waals surface area (Å²) in [6.07, 6.45) is 1.10. The van der Waals surface area contributed by atoms with Crippen LogP contribution in [0.15, 0.2) is 53.4 Å². The highest BCUT2D eigenvalue weighted by molar-refractivity contribution is 7.90. The average molecular weight is 333 g/mol. The third-order valence-electron chi connectivity index (χ3n) is 2.95. The Morgan fingerprint density at radius 3 is 1.78 bits per heavy atom. The third-order valence-corrected chi connectivity index (χ3v) is 4.08. The maximum atomic E-state index is 12.1. The molecule has 0 radical (unpaired) electrons. The lowest BCUT2D eigenvalue weighted by atomic mass is 10.2. The molecule has 3 amide bonds. The molecule has 0 fully saturated rings. The molecule has 120 valence electrons. The van der Waals surface area contributed by atoms with Crippen molar-refractivity contribution < 1.29 is 18.0 Å². The van der Waals surface area contributed by atoms with E-state index in [4.69, 9.17) is 5.73 Å². The van der Waals surface area contributed by atoms with Gasteiger partial charge in [0.25, 0.3) is 5.91 Å². The number of nitrogens with one attached hydrogen (secondary N) is 2. The summed E-state index contributed by atoms with van der Waals surface area (Å²) in [4.78, 5) is 22.9. The maximum Gasteiger partial charge on any atom is 0.316 e. The number of hydrogen-bond donors (Lipinski definition) is 3. The first-order valence-corrected chi connectivity index (χ1v) is 8.43. The number of sulfone groups is 1. The largest absolute Gasteiger partial charge is 0.351 e. The van der Waals surface area contributed by atoms with Crippen LogP contribution < -0.4 is 16.4 Å². The lowest BCUT2D eigenvalue weighted by Crippen LogP contribution is -2.19. The summed E-state index contributed by atoms with van der Waals surface area (Å²) in [5, 5.41) is 5.07. The van der Waals surface area contributed by atoms with Gasteiger partial charge in [-0.05, 0) is 48.5 Å². The van der Waals surface area contributed by atoms with Crippen molar-refractivity contribution in [2.75, 3.05) is 16.9 Å². The molecule has 0 aliphatic heterocycles. The molecule has 0 atom stereocenters.